The first-order valence-electron chi connectivity index (χ1n) is 5.10. The van der Waals surface area contributed by atoms with Crippen molar-refractivity contribution in [1.82, 2.24) is 4.98 Å². The van der Waals surface area contributed by atoms with Crippen molar-refractivity contribution >= 4 is 22.7 Å². The third kappa shape index (κ3) is 2.10. The number of benzene rings is 2. The normalized spacial score (nSPS) is 10.6. The molecule has 0 N–H and O–H groups in total. The van der Waals surface area contributed by atoms with Gasteiger partial charge in [-0.3, -0.25) is 0 Å². The van der Waals surface area contributed by atoms with Crippen LogP contribution < -0.4 is 4.74 Å². The molecule has 2 aromatic carbocycles. The second-order valence-electron chi connectivity index (χ2n) is 3.51. The highest BCUT2D eigenvalue weighted by atomic mass is 35.5. The summed E-state index contributed by atoms with van der Waals surface area (Å²) < 4.78 is 10.9. The molecule has 0 radical (unpaired) electrons. The zero-order chi connectivity index (χ0) is 11.7. The Morgan fingerprint density at radius 1 is 1.06 bits per heavy atom. The van der Waals surface area contributed by atoms with Crippen molar-refractivity contribution in [2.24, 2.45) is 0 Å². The molecule has 3 aromatic rings. The molecule has 0 amide bonds. The van der Waals surface area contributed by atoms with Gasteiger partial charge in [0.1, 0.15) is 11.3 Å². The zero-order valence-electron chi connectivity index (χ0n) is 8.76. The van der Waals surface area contributed by atoms with Gasteiger partial charge in [0, 0.05) is 11.1 Å². The lowest BCUT2D eigenvalue weighted by Crippen LogP contribution is -1.82. The number of hydrogen-bond acceptors (Lipinski definition) is 3. The van der Waals surface area contributed by atoms with E-state index >= 15 is 0 Å². The topological polar surface area (TPSA) is 35.3 Å². The van der Waals surface area contributed by atoms with E-state index in [0.29, 0.717) is 16.4 Å². The molecule has 3 nitrogen and oxygen atoms in total. The highest BCUT2D eigenvalue weighted by Crippen LogP contribution is 2.26. The molecule has 84 valence electrons. The Morgan fingerprint density at radius 3 is 2.71 bits per heavy atom. The lowest BCUT2D eigenvalue weighted by Gasteiger charge is -1.97. The van der Waals surface area contributed by atoms with E-state index in [2.05, 4.69) is 4.98 Å². The molecule has 0 aliphatic heterocycles. The van der Waals surface area contributed by atoms with E-state index in [-0.39, 0.29) is 6.08 Å². The Hall–Kier alpha value is -2.00. The van der Waals surface area contributed by atoms with Crippen LogP contribution in [0.2, 0.25) is 5.02 Å². The van der Waals surface area contributed by atoms with E-state index in [9.17, 15) is 0 Å². The number of fused-ring (bicyclic) bond motifs is 1. The van der Waals surface area contributed by atoms with Gasteiger partial charge in [-0.15, -0.1) is 0 Å². The molecule has 0 aliphatic rings. The molecule has 0 atom stereocenters. The highest BCUT2D eigenvalue weighted by molar-refractivity contribution is 6.31. The minimum Gasteiger partial charge on any atom is -0.411 e. The largest absolute Gasteiger partial charge is 0.411 e. The van der Waals surface area contributed by atoms with Crippen molar-refractivity contribution in [3.05, 3.63) is 53.6 Å². The van der Waals surface area contributed by atoms with Crippen LogP contribution in [0.5, 0.6) is 11.8 Å². The van der Waals surface area contributed by atoms with E-state index in [1.54, 1.807) is 18.2 Å². The first-order valence-corrected chi connectivity index (χ1v) is 5.48. The molecule has 4 heteroatoms. The molecule has 0 saturated carbocycles. The van der Waals surface area contributed by atoms with Crippen LogP contribution in [0.1, 0.15) is 0 Å². The minimum absolute atomic E-state index is 0.216. The summed E-state index contributed by atoms with van der Waals surface area (Å²) in [6.45, 7) is 0. The number of hydrogen-bond donors (Lipinski definition) is 0. The summed E-state index contributed by atoms with van der Waals surface area (Å²) in [6, 6.07) is 14.6. The number of aromatic nitrogens is 1. The second kappa shape index (κ2) is 4.11. The Labute approximate surface area is 103 Å². The summed E-state index contributed by atoms with van der Waals surface area (Å²) in [5.41, 5.74) is 1.34. The number of rotatable bonds is 2. The van der Waals surface area contributed by atoms with Gasteiger partial charge in [-0.2, -0.15) is 4.98 Å². The molecule has 3 rings (SSSR count). The summed E-state index contributed by atoms with van der Waals surface area (Å²) in [5.74, 6) is 0.685. The fourth-order valence-electron chi connectivity index (χ4n) is 1.51. The third-order valence-corrected chi connectivity index (χ3v) is 2.51. The average molecular weight is 246 g/mol. The van der Waals surface area contributed by atoms with Gasteiger partial charge >= 0.3 is 6.08 Å². The summed E-state index contributed by atoms with van der Waals surface area (Å²) in [6.07, 6.45) is 0.216. The van der Waals surface area contributed by atoms with Crippen LogP contribution in [-0.4, -0.2) is 4.98 Å². The van der Waals surface area contributed by atoms with Crippen molar-refractivity contribution in [3.8, 4) is 11.8 Å². The Balaban J connectivity index is 1.96. The fourth-order valence-corrected chi connectivity index (χ4v) is 1.67. The highest BCUT2D eigenvalue weighted by Gasteiger charge is 2.07. The van der Waals surface area contributed by atoms with Crippen molar-refractivity contribution in [2.75, 3.05) is 0 Å². The number of nitrogens with zero attached hydrogens (tertiary/aromatic N) is 1. The van der Waals surface area contributed by atoms with Gasteiger partial charge in [0.15, 0.2) is 5.58 Å². The van der Waals surface area contributed by atoms with Gasteiger partial charge in [0.2, 0.25) is 0 Å². The minimum atomic E-state index is 0.216. The van der Waals surface area contributed by atoms with Crippen LogP contribution in [-0.2, 0) is 0 Å². The van der Waals surface area contributed by atoms with Crippen LogP contribution in [0, 0.1) is 0 Å². The quantitative estimate of drug-likeness (QED) is 0.676. The smallest absolute Gasteiger partial charge is 0.400 e. The first kappa shape index (κ1) is 10.2. The molecule has 1 heterocycles. The van der Waals surface area contributed by atoms with Crippen molar-refractivity contribution < 1.29 is 9.15 Å². The Kier molecular flexibility index (Phi) is 2.46. The SMILES string of the molecule is Clc1ccc2nc(Oc3ccccc3)oc2c1. The van der Waals surface area contributed by atoms with Crippen LogP contribution in [0.3, 0.4) is 0 Å². The molecule has 17 heavy (non-hydrogen) atoms. The van der Waals surface area contributed by atoms with Crippen LogP contribution in [0.25, 0.3) is 11.1 Å². The third-order valence-electron chi connectivity index (χ3n) is 2.28. The number of oxazole rings is 1. The van der Waals surface area contributed by atoms with Crippen LogP contribution in [0.4, 0.5) is 0 Å². The van der Waals surface area contributed by atoms with Crippen molar-refractivity contribution in [3.63, 3.8) is 0 Å². The molecular weight excluding hydrogens is 238 g/mol. The maximum Gasteiger partial charge on any atom is 0.400 e. The van der Waals surface area contributed by atoms with Crippen molar-refractivity contribution in [2.45, 2.75) is 0 Å². The predicted octanol–water partition coefficient (Wildman–Crippen LogP) is 4.27. The van der Waals surface area contributed by atoms with Gasteiger partial charge < -0.3 is 9.15 Å². The van der Waals surface area contributed by atoms with E-state index in [1.807, 2.05) is 30.3 Å². The second-order valence-corrected chi connectivity index (χ2v) is 3.94. The van der Waals surface area contributed by atoms with E-state index < -0.39 is 0 Å². The van der Waals surface area contributed by atoms with Gasteiger partial charge in [-0.05, 0) is 24.3 Å². The van der Waals surface area contributed by atoms with Gasteiger partial charge in [0.05, 0.1) is 0 Å². The van der Waals surface area contributed by atoms with Gasteiger partial charge in [-0.1, -0.05) is 29.8 Å². The summed E-state index contributed by atoms with van der Waals surface area (Å²) >= 11 is 5.86. The average Bonchev–Trinajstić information content (AvgIpc) is 2.71. The summed E-state index contributed by atoms with van der Waals surface area (Å²) in [5, 5.41) is 0.611. The first-order chi connectivity index (χ1) is 8.31. The van der Waals surface area contributed by atoms with Gasteiger partial charge in [0.25, 0.3) is 0 Å². The maximum absolute atomic E-state index is 5.86. The number of ether oxygens (including phenoxy) is 1. The fraction of sp³-hybridized carbons (Fsp3) is 0. The van der Waals surface area contributed by atoms with E-state index in [0.717, 1.165) is 5.52 Å². The van der Waals surface area contributed by atoms with Crippen molar-refractivity contribution in [1.29, 1.82) is 0 Å². The van der Waals surface area contributed by atoms with Crippen LogP contribution >= 0.6 is 11.6 Å². The lowest BCUT2D eigenvalue weighted by molar-refractivity contribution is 0.343. The number of para-hydroxylation sites is 1. The standard InChI is InChI=1S/C13H8ClNO2/c14-9-6-7-11-12(8-9)17-13(15-11)16-10-4-2-1-3-5-10/h1-8H. The molecular formula is C13H8ClNO2. The molecule has 0 aliphatic carbocycles. The molecule has 0 saturated heterocycles. The molecule has 0 bridgehead atoms. The number of halogens is 1. The zero-order valence-corrected chi connectivity index (χ0v) is 9.52. The molecule has 0 fully saturated rings. The summed E-state index contributed by atoms with van der Waals surface area (Å²) in [7, 11) is 0. The Morgan fingerprint density at radius 2 is 1.88 bits per heavy atom. The monoisotopic (exact) mass is 245 g/mol. The molecule has 0 unspecified atom stereocenters. The van der Waals surface area contributed by atoms with E-state index in [1.165, 1.54) is 0 Å². The molecule has 0 spiro atoms. The maximum atomic E-state index is 5.86. The van der Waals surface area contributed by atoms with Gasteiger partial charge in [-0.25, -0.2) is 0 Å². The van der Waals surface area contributed by atoms with Crippen LogP contribution in [0.15, 0.2) is 52.9 Å². The van der Waals surface area contributed by atoms with E-state index in [4.69, 9.17) is 20.8 Å². The predicted molar refractivity (Wildman–Crippen MR) is 65.5 cm³/mol. The molecule has 1 aromatic heterocycles. The Bertz CT molecular complexity index is 649. The summed E-state index contributed by atoms with van der Waals surface area (Å²) in [4.78, 5) is 4.20. The lowest BCUT2D eigenvalue weighted by atomic mass is 10.3.